The maximum absolute atomic E-state index is 12.4. The molecule has 1 aromatic rings. The molecule has 1 aliphatic heterocycles. The van der Waals surface area contributed by atoms with E-state index in [0.717, 1.165) is 17.5 Å². The summed E-state index contributed by atoms with van der Waals surface area (Å²) in [6, 6.07) is 7.66. The second kappa shape index (κ2) is 6.55. The van der Waals surface area contributed by atoms with Crippen molar-refractivity contribution in [3.05, 3.63) is 35.4 Å². The van der Waals surface area contributed by atoms with Crippen LogP contribution in [0.2, 0.25) is 0 Å². The summed E-state index contributed by atoms with van der Waals surface area (Å²) in [5.74, 6) is 0.270. The molecule has 0 aromatic heterocycles. The highest BCUT2D eigenvalue weighted by Gasteiger charge is 2.24. The predicted molar refractivity (Wildman–Crippen MR) is 78.6 cm³/mol. The Balaban J connectivity index is 1.93. The molecule has 108 valence electrons. The molecule has 4 heteroatoms. The fraction of sp³-hybridized carbons (Fsp3) is 0.500. The summed E-state index contributed by atoms with van der Waals surface area (Å²) >= 11 is 0. The smallest absolute Gasteiger partial charge is 0.253 e. The van der Waals surface area contributed by atoms with Crippen molar-refractivity contribution in [1.29, 1.82) is 0 Å². The van der Waals surface area contributed by atoms with E-state index >= 15 is 0 Å². The maximum atomic E-state index is 12.4. The highest BCUT2D eigenvalue weighted by atomic mass is 16.2. The van der Waals surface area contributed by atoms with E-state index < -0.39 is 0 Å². The van der Waals surface area contributed by atoms with Crippen LogP contribution in [0.15, 0.2) is 24.3 Å². The molecule has 0 atom stereocenters. The third-order valence-corrected chi connectivity index (χ3v) is 3.65. The van der Waals surface area contributed by atoms with Crippen LogP contribution < -0.4 is 0 Å². The van der Waals surface area contributed by atoms with Gasteiger partial charge in [-0.25, -0.2) is 0 Å². The van der Waals surface area contributed by atoms with Crippen molar-refractivity contribution in [3.8, 4) is 0 Å². The van der Waals surface area contributed by atoms with Crippen molar-refractivity contribution >= 4 is 11.8 Å². The molecule has 0 radical (unpaired) electrons. The van der Waals surface area contributed by atoms with Crippen molar-refractivity contribution in [2.75, 3.05) is 26.2 Å². The van der Waals surface area contributed by atoms with E-state index in [1.165, 1.54) is 0 Å². The summed E-state index contributed by atoms with van der Waals surface area (Å²) in [4.78, 5) is 27.9. The number of amides is 2. The lowest BCUT2D eigenvalue weighted by Gasteiger charge is -2.35. The van der Waals surface area contributed by atoms with Crippen LogP contribution in [0.1, 0.15) is 35.7 Å². The van der Waals surface area contributed by atoms with Crippen LogP contribution >= 0.6 is 0 Å². The molecular formula is C16H22N2O2. The first kappa shape index (κ1) is 14.6. The predicted octanol–water partition coefficient (Wildman–Crippen LogP) is 2.08. The van der Waals surface area contributed by atoms with Gasteiger partial charge in [0.1, 0.15) is 0 Å². The molecule has 1 fully saturated rings. The summed E-state index contributed by atoms with van der Waals surface area (Å²) in [5, 5.41) is 0. The molecule has 1 aliphatic rings. The SMILES string of the molecule is CCCC(=O)N1CCN(C(=O)c2cccc(C)c2)CC1. The summed E-state index contributed by atoms with van der Waals surface area (Å²) < 4.78 is 0. The fourth-order valence-electron chi connectivity index (χ4n) is 2.49. The third kappa shape index (κ3) is 3.38. The summed E-state index contributed by atoms with van der Waals surface area (Å²) in [7, 11) is 0. The quantitative estimate of drug-likeness (QED) is 0.846. The number of benzene rings is 1. The fourth-order valence-corrected chi connectivity index (χ4v) is 2.49. The number of rotatable bonds is 3. The zero-order chi connectivity index (χ0) is 14.5. The van der Waals surface area contributed by atoms with Gasteiger partial charge in [-0.3, -0.25) is 9.59 Å². The zero-order valence-electron chi connectivity index (χ0n) is 12.3. The molecule has 2 amide bonds. The minimum absolute atomic E-state index is 0.0660. The Labute approximate surface area is 120 Å². The Morgan fingerprint density at radius 1 is 1.10 bits per heavy atom. The van der Waals surface area contributed by atoms with Crippen molar-refractivity contribution in [2.45, 2.75) is 26.7 Å². The number of piperazine rings is 1. The minimum Gasteiger partial charge on any atom is -0.339 e. The Kier molecular flexibility index (Phi) is 4.77. The van der Waals surface area contributed by atoms with Crippen LogP contribution in [0.4, 0.5) is 0 Å². The Bertz CT molecular complexity index is 491. The molecular weight excluding hydrogens is 252 g/mol. The number of carbonyl (C=O) groups is 2. The second-order valence-electron chi connectivity index (χ2n) is 5.29. The Morgan fingerprint density at radius 2 is 1.75 bits per heavy atom. The van der Waals surface area contributed by atoms with E-state index in [0.29, 0.717) is 32.6 Å². The van der Waals surface area contributed by atoms with E-state index in [1.807, 2.05) is 47.9 Å². The molecule has 20 heavy (non-hydrogen) atoms. The van der Waals surface area contributed by atoms with Crippen LogP contribution in [-0.4, -0.2) is 47.8 Å². The molecule has 0 spiro atoms. The number of aryl methyl sites for hydroxylation is 1. The maximum Gasteiger partial charge on any atom is 0.253 e. The van der Waals surface area contributed by atoms with Crippen LogP contribution in [-0.2, 0) is 4.79 Å². The lowest BCUT2D eigenvalue weighted by Crippen LogP contribution is -2.50. The minimum atomic E-state index is 0.0660. The number of carbonyl (C=O) groups excluding carboxylic acids is 2. The Hall–Kier alpha value is -1.84. The van der Waals surface area contributed by atoms with E-state index in [-0.39, 0.29) is 11.8 Å². The van der Waals surface area contributed by atoms with Gasteiger partial charge < -0.3 is 9.80 Å². The molecule has 0 N–H and O–H groups in total. The highest BCUT2D eigenvalue weighted by Crippen LogP contribution is 2.11. The number of hydrogen-bond acceptors (Lipinski definition) is 2. The number of nitrogens with zero attached hydrogens (tertiary/aromatic N) is 2. The van der Waals surface area contributed by atoms with E-state index in [4.69, 9.17) is 0 Å². The van der Waals surface area contributed by atoms with Crippen molar-refractivity contribution in [2.24, 2.45) is 0 Å². The molecule has 1 aromatic carbocycles. The average Bonchev–Trinajstić information content (AvgIpc) is 2.47. The van der Waals surface area contributed by atoms with Crippen LogP contribution in [0, 0.1) is 6.92 Å². The average molecular weight is 274 g/mol. The topological polar surface area (TPSA) is 40.6 Å². The highest BCUT2D eigenvalue weighted by molar-refractivity contribution is 5.94. The lowest BCUT2D eigenvalue weighted by molar-refractivity contribution is -0.132. The molecule has 1 heterocycles. The van der Waals surface area contributed by atoms with Crippen LogP contribution in [0.5, 0.6) is 0 Å². The van der Waals surface area contributed by atoms with E-state index in [9.17, 15) is 9.59 Å². The van der Waals surface area contributed by atoms with Gasteiger partial charge in [-0.1, -0.05) is 24.6 Å². The summed E-state index contributed by atoms with van der Waals surface area (Å²) in [6.45, 7) is 6.55. The van der Waals surface area contributed by atoms with Gasteiger partial charge in [-0.15, -0.1) is 0 Å². The van der Waals surface area contributed by atoms with E-state index in [2.05, 4.69) is 0 Å². The first-order chi connectivity index (χ1) is 9.61. The number of hydrogen-bond donors (Lipinski definition) is 0. The molecule has 0 unspecified atom stereocenters. The van der Waals surface area contributed by atoms with Crippen LogP contribution in [0.25, 0.3) is 0 Å². The van der Waals surface area contributed by atoms with Gasteiger partial charge in [0, 0.05) is 38.2 Å². The second-order valence-corrected chi connectivity index (χ2v) is 5.29. The van der Waals surface area contributed by atoms with Crippen LogP contribution in [0.3, 0.4) is 0 Å². The van der Waals surface area contributed by atoms with Crippen molar-refractivity contribution in [3.63, 3.8) is 0 Å². The van der Waals surface area contributed by atoms with Gasteiger partial charge >= 0.3 is 0 Å². The molecule has 0 bridgehead atoms. The lowest BCUT2D eigenvalue weighted by atomic mass is 10.1. The van der Waals surface area contributed by atoms with Gasteiger partial charge in [0.25, 0.3) is 5.91 Å². The first-order valence-electron chi connectivity index (χ1n) is 7.25. The largest absolute Gasteiger partial charge is 0.339 e. The monoisotopic (exact) mass is 274 g/mol. The normalized spacial score (nSPS) is 15.3. The van der Waals surface area contributed by atoms with Gasteiger partial charge in [0.2, 0.25) is 5.91 Å². The molecule has 1 saturated heterocycles. The summed E-state index contributed by atoms with van der Waals surface area (Å²) in [5.41, 5.74) is 1.82. The van der Waals surface area contributed by atoms with Gasteiger partial charge in [-0.05, 0) is 25.5 Å². The van der Waals surface area contributed by atoms with Gasteiger partial charge in [0.05, 0.1) is 0 Å². The van der Waals surface area contributed by atoms with Crippen molar-refractivity contribution < 1.29 is 9.59 Å². The molecule has 4 nitrogen and oxygen atoms in total. The van der Waals surface area contributed by atoms with Gasteiger partial charge in [-0.2, -0.15) is 0 Å². The van der Waals surface area contributed by atoms with E-state index in [1.54, 1.807) is 0 Å². The molecule has 0 aliphatic carbocycles. The van der Waals surface area contributed by atoms with Gasteiger partial charge in [0.15, 0.2) is 0 Å². The third-order valence-electron chi connectivity index (χ3n) is 3.65. The molecule has 2 rings (SSSR count). The molecule has 0 saturated carbocycles. The van der Waals surface area contributed by atoms with Crippen molar-refractivity contribution in [1.82, 2.24) is 9.80 Å². The standard InChI is InChI=1S/C16H22N2O2/c1-3-5-15(19)17-8-10-18(11-9-17)16(20)14-7-4-6-13(2)12-14/h4,6-7,12H,3,5,8-11H2,1-2H3. The summed E-state index contributed by atoms with van der Waals surface area (Å²) in [6.07, 6.45) is 1.48. The first-order valence-corrected chi connectivity index (χ1v) is 7.25. The zero-order valence-corrected chi connectivity index (χ0v) is 12.3. The Morgan fingerprint density at radius 3 is 2.35 bits per heavy atom.